The first kappa shape index (κ1) is 16.7. The monoisotopic (exact) mass is 278 g/mol. The first-order valence-corrected chi connectivity index (χ1v) is 7.26. The first-order valence-electron chi connectivity index (χ1n) is 7.26. The molecule has 1 heterocycles. The van der Waals surface area contributed by atoms with E-state index in [0.717, 1.165) is 19.4 Å². The average Bonchev–Trinajstić information content (AvgIpc) is 3.22. The van der Waals surface area contributed by atoms with Crippen LogP contribution in [0.15, 0.2) is 30.3 Å². The molecular formula is C17H26O3. The normalized spacial score (nSPS) is 18.7. The summed E-state index contributed by atoms with van der Waals surface area (Å²) in [6.07, 6.45) is 2.36. The fourth-order valence-electron chi connectivity index (χ4n) is 1.94. The molecule has 0 bridgehead atoms. The number of carbonyl (C=O) groups is 1. The summed E-state index contributed by atoms with van der Waals surface area (Å²) < 4.78 is 5.27. The fraction of sp³-hybridized carbons (Fsp3) is 0.588. The van der Waals surface area contributed by atoms with Crippen LogP contribution in [0.3, 0.4) is 0 Å². The van der Waals surface area contributed by atoms with Crippen molar-refractivity contribution < 1.29 is 14.6 Å². The highest BCUT2D eigenvalue weighted by Gasteiger charge is 2.32. The smallest absolute Gasteiger partial charge is 0.306 e. The third kappa shape index (κ3) is 5.74. The highest BCUT2D eigenvalue weighted by molar-refractivity contribution is 5.69. The maximum absolute atomic E-state index is 9.93. The molecule has 1 aliphatic rings. The largest absolute Gasteiger partial charge is 0.481 e. The molecule has 0 spiro atoms. The van der Waals surface area contributed by atoms with Crippen molar-refractivity contribution in [2.45, 2.75) is 52.1 Å². The van der Waals surface area contributed by atoms with Crippen LogP contribution < -0.4 is 0 Å². The van der Waals surface area contributed by atoms with E-state index in [1.54, 1.807) is 6.92 Å². The van der Waals surface area contributed by atoms with Gasteiger partial charge in [0.05, 0.1) is 18.6 Å². The number of benzene rings is 1. The molecule has 3 heteroatoms. The molecule has 1 aromatic carbocycles. The molecule has 2 unspecified atom stereocenters. The molecule has 1 saturated heterocycles. The second kappa shape index (κ2) is 7.44. The van der Waals surface area contributed by atoms with Crippen LogP contribution in [0.2, 0.25) is 0 Å². The lowest BCUT2D eigenvalue weighted by Gasteiger charge is -2.24. The molecule has 20 heavy (non-hydrogen) atoms. The van der Waals surface area contributed by atoms with Crippen molar-refractivity contribution in [1.82, 2.24) is 0 Å². The van der Waals surface area contributed by atoms with E-state index in [1.807, 2.05) is 6.92 Å². The van der Waals surface area contributed by atoms with Crippen LogP contribution in [0.25, 0.3) is 0 Å². The van der Waals surface area contributed by atoms with E-state index in [0.29, 0.717) is 6.10 Å². The maximum atomic E-state index is 9.93. The molecule has 0 saturated carbocycles. The molecule has 1 aliphatic heterocycles. The Balaban J connectivity index is 0.000000246. The molecule has 1 aromatic rings. The molecule has 0 aliphatic carbocycles. The molecule has 112 valence electrons. The third-order valence-corrected chi connectivity index (χ3v) is 3.73. The van der Waals surface area contributed by atoms with Gasteiger partial charge in [0.15, 0.2) is 0 Å². The third-order valence-electron chi connectivity index (χ3n) is 3.73. The Bertz CT molecular complexity index is 408. The highest BCUT2D eigenvalue weighted by Crippen LogP contribution is 2.32. The van der Waals surface area contributed by atoms with Crippen molar-refractivity contribution >= 4 is 5.97 Å². The van der Waals surface area contributed by atoms with E-state index in [2.05, 4.69) is 44.2 Å². The second-order valence-electron chi connectivity index (χ2n) is 6.06. The van der Waals surface area contributed by atoms with Gasteiger partial charge in [-0.2, -0.15) is 0 Å². The molecular weight excluding hydrogens is 252 g/mol. The van der Waals surface area contributed by atoms with Crippen LogP contribution in [0, 0.1) is 5.92 Å². The quantitative estimate of drug-likeness (QED) is 0.832. The van der Waals surface area contributed by atoms with E-state index < -0.39 is 5.97 Å². The van der Waals surface area contributed by atoms with Gasteiger partial charge in [-0.15, -0.1) is 0 Å². The number of rotatable bonds is 5. The summed E-state index contributed by atoms with van der Waals surface area (Å²) in [7, 11) is 0. The van der Waals surface area contributed by atoms with Gasteiger partial charge in [0, 0.05) is 0 Å². The number of hydrogen-bond acceptors (Lipinski definition) is 2. The summed E-state index contributed by atoms with van der Waals surface area (Å²) in [4.78, 5) is 9.93. The highest BCUT2D eigenvalue weighted by atomic mass is 16.6. The summed E-state index contributed by atoms with van der Waals surface area (Å²) in [5.74, 6) is -0.887. The predicted molar refractivity (Wildman–Crippen MR) is 80.9 cm³/mol. The van der Waals surface area contributed by atoms with Crippen LogP contribution in [-0.4, -0.2) is 23.8 Å². The van der Waals surface area contributed by atoms with Crippen LogP contribution in [0.5, 0.6) is 0 Å². The number of ether oxygens (including phenoxy) is 1. The lowest BCUT2D eigenvalue weighted by Crippen LogP contribution is -2.19. The summed E-state index contributed by atoms with van der Waals surface area (Å²) >= 11 is 0. The molecule has 3 nitrogen and oxygen atoms in total. The zero-order valence-electron chi connectivity index (χ0n) is 12.9. The fourth-order valence-corrected chi connectivity index (χ4v) is 1.94. The van der Waals surface area contributed by atoms with Gasteiger partial charge in [0.1, 0.15) is 0 Å². The minimum absolute atomic E-state index is 0.181. The Morgan fingerprint density at radius 3 is 2.30 bits per heavy atom. The van der Waals surface area contributed by atoms with Crippen molar-refractivity contribution in [3.05, 3.63) is 35.9 Å². The minimum Gasteiger partial charge on any atom is -0.481 e. The van der Waals surface area contributed by atoms with Crippen molar-refractivity contribution in [2.75, 3.05) is 6.61 Å². The summed E-state index contributed by atoms with van der Waals surface area (Å²) in [5, 5.41) is 8.18. The maximum Gasteiger partial charge on any atom is 0.306 e. The number of epoxide rings is 1. The summed E-state index contributed by atoms with van der Waals surface area (Å²) in [6.45, 7) is 9.07. The van der Waals surface area contributed by atoms with Gasteiger partial charge in [0.25, 0.3) is 0 Å². The number of carboxylic acid groups (broad SMARTS) is 1. The van der Waals surface area contributed by atoms with Crippen LogP contribution in [0.1, 0.15) is 46.1 Å². The SMILES string of the molecule is CC(C)(CC1CO1)c1ccccc1.CCC(C)C(=O)O. The van der Waals surface area contributed by atoms with Gasteiger partial charge in [-0.3, -0.25) is 4.79 Å². The van der Waals surface area contributed by atoms with Crippen LogP contribution in [0.4, 0.5) is 0 Å². The molecule has 0 aromatic heterocycles. The van der Waals surface area contributed by atoms with E-state index in [4.69, 9.17) is 9.84 Å². The molecule has 2 rings (SSSR count). The Labute approximate surface area is 122 Å². The lowest BCUT2D eigenvalue weighted by atomic mass is 9.81. The molecule has 2 atom stereocenters. The van der Waals surface area contributed by atoms with Crippen molar-refractivity contribution in [1.29, 1.82) is 0 Å². The van der Waals surface area contributed by atoms with Crippen molar-refractivity contribution in [3.8, 4) is 0 Å². The summed E-state index contributed by atoms with van der Waals surface area (Å²) in [5.41, 5.74) is 1.66. The van der Waals surface area contributed by atoms with Crippen molar-refractivity contribution in [2.24, 2.45) is 5.92 Å². The topological polar surface area (TPSA) is 49.8 Å². The predicted octanol–water partition coefficient (Wildman–Crippen LogP) is 3.87. The number of carboxylic acids is 1. The van der Waals surface area contributed by atoms with Gasteiger partial charge in [-0.25, -0.2) is 0 Å². The van der Waals surface area contributed by atoms with E-state index in [1.165, 1.54) is 5.56 Å². The van der Waals surface area contributed by atoms with Gasteiger partial charge in [-0.05, 0) is 23.8 Å². The Kier molecular flexibility index (Phi) is 6.21. The Morgan fingerprint density at radius 1 is 1.40 bits per heavy atom. The first-order chi connectivity index (χ1) is 9.36. The van der Waals surface area contributed by atoms with Crippen LogP contribution >= 0.6 is 0 Å². The summed E-state index contributed by atoms with van der Waals surface area (Å²) in [6, 6.07) is 10.7. The standard InChI is InChI=1S/C12H16O.C5H10O2/c1-12(2,8-11-9-13-11)10-6-4-3-5-7-10;1-3-4(2)5(6)7/h3-7,11H,8-9H2,1-2H3;4H,3H2,1-2H3,(H,6,7). The number of hydrogen-bond donors (Lipinski definition) is 1. The lowest BCUT2D eigenvalue weighted by molar-refractivity contribution is -0.141. The van der Waals surface area contributed by atoms with Gasteiger partial charge < -0.3 is 9.84 Å². The minimum atomic E-state index is -0.706. The average molecular weight is 278 g/mol. The Morgan fingerprint density at radius 2 is 1.95 bits per heavy atom. The van der Waals surface area contributed by atoms with Crippen LogP contribution in [-0.2, 0) is 14.9 Å². The van der Waals surface area contributed by atoms with Gasteiger partial charge in [-0.1, -0.05) is 58.0 Å². The second-order valence-corrected chi connectivity index (χ2v) is 6.06. The molecule has 1 fully saturated rings. The zero-order chi connectivity index (χ0) is 15.2. The van der Waals surface area contributed by atoms with E-state index >= 15 is 0 Å². The van der Waals surface area contributed by atoms with E-state index in [-0.39, 0.29) is 11.3 Å². The van der Waals surface area contributed by atoms with Gasteiger partial charge >= 0.3 is 5.97 Å². The Hall–Kier alpha value is -1.35. The number of aliphatic carboxylic acids is 1. The zero-order valence-corrected chi connectivity index (χ0v) is 12.9. The molecule has 1 N–H and O–H groups in total. The van der Waals surface area contributed by atoms with E-state index in [9.17, 15) is 4.79 Å². The molecule has 0 radical (unpaired) electrons. The van der Waals surface area contributed by atoms with Gasteiger partial charge in [0.2, 0.25) is 0 Å². The van der Waals surface area contributed by atoms with Crippen molar-refractivity contribution in [3.63, 3.8) is 0 Å². The molecule has 0 amide bonds.